The first-order valence-electron chi connectivity index (χ1n) is 5.89. The van der Waals surface area contributed by atoms with Crippen molar-refractivity contribution >= 4 is 11.7 Å². The minimum Gasteiger partial charge on any atom is -0.478 e. The smallest absolute Gasteiger partial charge is 0.345 e. The molecule has 0 radical (unpaired) electrons. The zero-order chi connectivity index (χ0) is 14.7. The van der Waals surface area contributed by atoms with E-state index in [1.165, 1.54) is 12.1 Å². The molecule has 0 aliphatic heterocycles. The van der Waals surface area contributed by atoms with E-state index in [1.807, 2.05) is 0 Å². The summed E-state index contributed by atoms with van der Waals surface area (Å²) >= 11 is 0. The Bertz CT molecular complexity index is 510. The maximum absolute atomic E-state index is 11.1. The van der Waals surface area contributed by atoms with Gasteiger partial charge in [0, 0.05) is 17.5 Å². The van der Waals surface area contributed by atoms with Gasteiger partial charge in [0.1, 0.15) is 5.75 Å². The molecular formula is C13H17NO5. The second-order valence-corrected chi connectivity index (χ2v) is 4.78. The quantitative estimate of drug-likeness (QED) is 0.654. The molecule has 0 bridgehead atoms. The topological polar surface area (TPSA) is 89.7 Å². The number of ether oxygens (including phenoxy) is 1. The van der Waals surface area contributed by atoms with Crippen molar-refractivity contribution in [2.75, 3.05) is 0 Å². The van der Waals surface area contributed by atoms with Gasteiger partial charge in [-0.3, -0.25) is 10.1 Å². The van der Waals surface area contributed by atoms with Gasteiger partial charge in [-0.05, 0) is 25.5 Å². The molecule has 0 aliphatic rings. The molecule has 0 amide bonds. The monoisotopic (exact) mass is 267 g/mol. The fourth-order valence-corrected chi connectivity index (χ4v) is 1.71. The second kappa shape index (κ2) is 5.69. The van der Waals surface area contributed by atoms with Crippen molar-refractivity contribution in [1.82, 2.24) is 0 Å². The number of hydrogen-bond acceptors (Lipinski definition) is 4. The van der Waals surface area contributed by atoms with Crippen molar-refractivity contribution < 1.29 is 19.6 Å². The van der Waals surface area contributed by atoms with Crippen LogP contribution in [0.15, 0.2) is 12.1 Å². The number of hydrogen-bond donors (Lipinski definition) is 1. The van der Waals surface area contributed by atoms with Crippen LogP contribution in [-0.2, 0) is 4.79 Å². The lowest BCUT2D eigenvalue weighted by Crippen LogP contribution is -2.32. The molecule has 1 atom stereocenters. The van der Waals surface area contributed by atoms with Gasteiger partial charge >= 0.3 is 5.97 Å². The van der Waals surface area contributed by atoms with Crippen LogP contribution in [0.2, 0.25) is 0 Å². The third-order valence-electron chi connectivity index (χ3n) is 2.79. The largest absolute Gasteiger partial charge is 0.478 e. The van der Waals surface area contributed by atoms with Crippen molar-refractivity contribution in [3.05, 3.63) is 33.4 Å². The van der Waals surface area contributed by atoms with Gasteiger partial charge in [-0.1, -0.05) is 13.8 Å². The average molecular weight is 267 g/mol. The molecule has 1 N–H and O–H groups in total. The van der Waals surface area contributed by atoms with Gasteiger partial charge in [0.05, 0.1) is 4.92 Å². The van der Waals surface area contributed by atoms with Crippen molar-refractivity contribution in [1.29, 1.82) is 0 Å². The molecule has 1 aromatic carbocycles. The number of nitrogens with zero attached hydrogens (tertiary/aromatic N) is 1. The van der Waals surface area contributed by atoms with E-state index in [1.54, 1.807) is 27.7 Å². The van der Waals surface area contributed by atoms with E-state index >= 15 is 0 Å². The van der Waals surface area contributed by atoms with Crippen LogP contribution < -0.4 is 4.74 Å². The number of aryl methyl sites for hydroxylation is 2. The SMILES string of the molecule is Cc1cc([N+](=O)[O-])c(C)cc1OC(C(=O)O)C(C)C. The summed E-state index contributed by atoms with van der Waals surface area (Å²) in [6, 6.07) is 2.90. The number of carboxylic acids is 1. The van der Waals surface area contributed by atoms with Crippen LogP contribution in [0, 0.1) is 29.9 Å². The molecule has 0 spiro atoms. The highest BCUT2D eigenvalue weighted by Crippen LogP contribution is 2.29. The highest BCUT2D eigenvalue weighted by molar-refractivity contribution is 5.73. The molecule has 0 aliphatic carbocycles. The first kappa shape index (κ1) is 14.9. The molecule has 0 saturated heterocycles. The van der Waals surface area contributed by atoms with Crippen LogP contribution in [0.1, 0.15) is 25.0 Å². The molecule has 19 heavy (non-hydrogen) atoms. The van der Waals surface area contributed by atoms with Crippen LogP contribution >= 0.6 is 0 Å². The van der Waals surface area contributed by atoms with Gasteiger partial charge in [-0.15, -0.1) is 0 Å². The Morgan fingerprint density at radius 1 is 1.32 bits per heavy atom. The molecule has 6 heteroatoms. The lowest BCUT2D eigenvalue weighted by molar-refractivity contribution is -0.385. The van der Waals surface area contributed by atoms with E-state index in [0.717, 1.165) is 0 Å². The minimum atomic E-state index is -1.05. The van der Waals surface area contributed by atoms with Gasteiger partial charge in [-0.2, -0.15) is 0 Å². The number of carbonyl (C=O) groups is 1. The van der Waals surface area contributed by atoms with E-state index in [0.29, 0.717) is 16.9 Å². The Kier molecular flexibility index (Phi) is 4.47. The number of aliphatic carboxylic acids is 1. The lowest BCUT2D eigenvalue weighted by atomic mass is 10.1. The Morgan fingerprint density at radius 3 is 2.32 bits per heavy atom. The predicted octanol–water partition coefficient (Wildman–Crippen LogP) is 2.70. The fourth-order valence-electron chi connectivity index (χ4n) is 1.71. The Morgan fingerprint density at radius 2 is 1.89 bits per heavy atom. The number of nitro benzene ring substituents is 1. The number of rotatable bonds is 5. The van der Waals surface area contributed by atoms with Gasteiger partial charge in [0.15, 0.2) is 6.10 Å². The summed E-state index contributed by atoms with van der Waals surface area (Å²) in [5.74, 6) is -0.887. The van der Waals surface area contributed by atoms with Crippen LogP contribution in [0.5, 0.6) is 5.75 Å². The van der Waals surface area contributed by atoms with Crippen LogP contribution in [0.4, 0.5) is 5.69 Å². The predicted molar refractivity (Wildman–Crippen MR) is 69.5 cm³/mol. The van der Waals surface area contributed by atoms with Crippen LogP contribution in [0.25, 0.3) is 0 Å². The van der Waals surface area contributed by atoms with Crippen molar-refractivity contribution in [3.63, 3.8) is 0 Å². The van der Waals surface area contributed by atoms with Crippen LogP contribution in [0.3, 0.4) is 0 Å². The number of nitro groups is 1. The molecule has 6 nitrogen and oxygen atoms in total. The van der Waals surface area contributed by atoms with E-state index < -0.39 is 17.0 Å². The van der Waals surface area contributed by atoms with E-state index in [2.05, 4.69) is 0 Å². The maximum atomic E-state index is 11.1. The summed E-state index contributed by atoms with van der Waals surface area (Å²) in [6.45, 7) is 6.73. The summed E-state index contributed by atoms with van der Waals surface area (Å²) in [6.07, 6.45) is -0.973. The summed E-state index contributed by atoms with van der Waals surface area (Å²) in [7, 11) is 0. The van der Waals surface area contributed by atoms with Crippen molar-refractivity contribution in [2.24, 2.45) is 5.92 Å². The average Bonchev–Trinajstić information content (AvgIpc) is 2.28. The third-order valence-corrected chi connectivity index (χ3v) is 2.79. The molecular weight excluding hydrogens is 250 g/mol. The Balaban J connectivity index is 3.12. The zero-order valence-electron chi connectivity index (χ0n) is 11.3. The van der Waals surface area contributed by atoms with Crippen LogP contribution in [-0.4, -0.2) is 22.1 Å². The third kappa shape index (κ3) is 3.43. The number of carboxylic acid groups (broad SMARTS) is 1. The van der Waals surface area contributed by atoms with E-state index in [-0.39, 0.29) is 11.6 Å². The summed E-state index contributed by atoms with van der Waals surface area (Å²) in [5, 5.41) is 19.9. The van der Waals surface area contributed by atoms with Gasteiger partial charge in [0.25, 0.3) is 5.69 Å². The first-order valence-corrected chi connectivity index (χ1v) is 5.89. The van der Waals surface area contributed by atoms with Gasteiger partial charge in [-0.25, -0.2) is 4.79 Å². The molecule has 104 valence electrons. The molecule has 1 aromatic rings. The highest BCUT2D eigenvalue weighted by atomic mass is 16.6. The first-order chi connectivity index (χ1) is 8.73. The second-order valence-electron chi connectivity index (χ2n) is 4.78. The van der Waals surface area contributed by atoms with Crippen molar-refractivity contribution in [3.8, 4) is 5.75 Å². The van der Waals surface area contributed by atoms with Gasteiger partial charge < -0.3 is 9.84 Å². The maximum Gasteiger partial charge on any atom is 0.345 e. The lowest BCUT2D eigenvalue weighted by Gasteiger charge is -2.20. The Hall–Kier alpha value is -2.11. The fraction of sp³-hybridized carbons (Fsp3) is 0.462. The number of benzene rings is 1. The highest BCUT2D eigenvalue weighted by Gasteiger charge is 2.25. The zero-order valence-corrected chi connectivity index (χ0v) is 11.3. The Labute approximate surface area is 111 Å². The molecule has 0 aromatic heterocycles. The normalized spacial score (nSPS) is 12.3. The standard InChI is InChI=1S/C13H17NO5/c1-7(2)12(13(15)16)19-11-6-8(3)10(14(17)18)5-9(11)4/h5-7,12H,1-4H3,(H,15,16). The summed E-state index contributed by atoms with van der Waals surface area (Å²) in [5.41, 5.74) is 0.990. The molecule has 0 saturated carbocycles. The summed E-state index contributed by atoms with van der Waals surface area (Å²) < 4.78 is 5.46. The molecule has 1 rings (SSSR count). The van der Waals surface area contributed by atoms with E-state index in [9.17, 15) is 14.9 Å². The summed E-state index contributed by atoms with van der Waals surface area (Å²) in [4.78, 5) is 21.4. The van der Waals surface area contributed by atoms with Gasteiger partial charge in [0.2, 0.25) is 0 Å². The van der Waals surface area contributed by atoms with E-state index in [4.69, 9.17) is 9.84 Å². The molecule has 0 heterocycles. The minimum absolute atomic E-state index is 0.00118. The van der Waals surface area contributed by atoms with Crippen molar-refractivity contribution in [2.45, 2.75) is 33.8 Å². The molecule has 0 fully saturated rings. The molecule has 1 unspecified atom stereocenters.